The fourth-order valence-corrected chi connectivity index (χ4v) is 4.63. The van der Waals surface area contributed by atoms with Gasteiger partial charge in [0.1, 0.15) is 18.1 Å². The monoisotopic (exact) mass is 536 g/mol. The Morgan fingerprint density at radius 3 is 2.33 bits per heavy atom. The Morgan fingerprint density at radius 1 is 0.725 bits per heavy atom. The summed E-state index contributed by atoms with van der Waals surface area (Å²) < 4.78 is 17.3. The molecule has 0 aliphatic heterocycles. The summed E-state index contributed by atoms with van der Waals surface area (Å²) in [5.41, 5.74) is 7.75. The number of benzene rings is 4. The number of methoxy groups -OCH3 is 1. The van der Waals surface area contributed by atoms with E-state index in [2.05, 4.69) is 80.4 Å². The Balaban J connectivity index is 1.25. The van der Waals surface area contributed by atoms with Crippen molar-refractivity contribution in [3.63, 3.8) is 0 Å². The zero-order chi connectivity index (χ0) is 27.7. The van der Waals surface area contributed by atoms with Gasteiger partial charge in [-0.2, -0.15) is 0 Å². The Morgan fingerprint density at radius 2 is 1.48 bits per heavy atom. The lowest BCUT2D eigenvalue weighted by Gasteiger charge is -2.26. The van der Waals surface area contributed by atoms with Gasteiger partial charge in [0.25, 0.3) is 0 Å². The number of nitrogens with zero attached hydrogens (tertiary/aromatic N) is 3. The molecule has 7 heteroatoms. The molecule has 1 aromatic heterocycles. The number of anilines is 2. The first-order valence-corrected chi connectivity index (χ1v) is 13.4. The molecular formula is C33H36N4O3. The molecule has 1 heterocycles. The third-order valence-corrected chi connectivity index (χ3v) is 6.74. The number of imidazole rings is 1. The van der Waals surface area contributed by atoms with Crippen LogP contribution in [0.4, 0.5) is 11.4 Å². The van der Waals surface area contributed by atoms with E-state index in [1.165, 1.54) is 11.1 Å². The predicted octanol–water partition coefficient (Wildman–Crippen LogP) is 6.44. The normalized spacial score (nSPS) is 11.0. The molecule has 7 nitrogen and oxygen atoms in total. The third-order valence-electron chi connectivity index (χ3n) is 6.74. The highest BCUT2D eigenvalue weighted by molar-refractivity contribution is 5.75. The minimum Gasteiger partial charge on any atom is -0.497 e. The lowest BCUT2D eigenvalue weighted by Crippen LogP contribution is -2.22. The second-order valence-corrected chi connectivity index (χ2v) is 9.92. The van der Waals surface area contributed by atoms with Gasteiger partial charge in [0.2, 0.25) is 0 Å². The van der Waals surface area contributed by atoms with E-state index in [9.17, 15) is 0 Å². The molecule has 0 aliphatic carbocycles. The van der Waals surface area contributed by atoms with Crippen molar-refractivity contribution in [1.82, 2.24) is 9.97 Å². The van der Waals surface area contributed by atoms with Gasteiger partial charge in [-0.15, -0.1) is 0 Å². The summed E-state index contributed by atoms with van der Waals surface area (Å²) >= 11 is 0. The van der Waals surface area contributed by atoms with Crippen LogP contribution >= 0.6 is 0 Å². The summed E-state index contributed by atoms with van der Waals surface area (Å²) in [5.74, 6) is 1.70. The molecule has 40 heavy (non-hydrogen) atoms. The van der Waals surface area contributed by atoms with Crippen molar-refractivity contribution in [3.05, 3.63) is 114 Å². The van der Waals surface area contributed by atoms with E-state index < -0.39 is 0 Å². The van der Waals surface area contributed by atoms with E-state index >= 15 is 0 Å². The SMILES string of the molecule is COc1cccc(CN(Cc2ccc3nc[nH]c3c2)c2cccc(COCCOc3cccc(N(C)C)c3)c2)c1. The molecule has 0 unspecified atom stereocenters. The molecule has 0 fully saturated rings. The predicted molar refractivity (Wildman–Crippen MR) is 161 cm³/mol. The van der Waals surface area contributed by atoms with Gasteiger partial charge in [0.05, 0.1) is 37.7 Å². The number of fused-ring (bicyclic) bond motifs is 1. The fraction of sp³-hybridized carbons (Fsp3) is 0.242. The van der Waals surface area contributed by atoms with Crippen LogP contribution in [0, 0.1) is 0 Å². The van der Waals surface area contributed by atoms with E-state index in [4.69, 9.17) is 14.2 Å². The maximum absolute atomic E-state index is 5.98. The summed E-state index contributed by atoms with van der Waals surface area (Å²) in [6, 6.07) is 31.2. The van der Waals surface area contributed by atoms with Crippen LogP contribution in [0.3, 0.4) is 0 Å². The summed E-state index contributed by atoms with van der Waals surface area (Å²) in [6.45, 7) is 3.00. The van der Waals surface area contributed by atoms with Gasteiger partial charge in [-0.1, -0.05) is 36.4 Å². The van der Waals surface area contributed by atoms with Crippen LogP contribution in [0.1, 0.15) is 16.7 Å². The highest BCUT2D eigenvalue weighted by Gasteiger charge is 2.12. The molecule has 5 aromatic rings. The molecule has 0 spiro atoms. The van der Waals surface area contributed by atoms with Gasteiger partial charge < -0.3 is 29.0 Å². The Bertz CT molecular complexity index is 1530. The first-order chi connectivity index (χ1) is 19.6. The highest BCUT2D eigenvalue weighted by Crippen LogP contribution is 2.25. The first-order valence-electron chi connectivity index (χ1n) is 13.4. The average molecular weight is 537 g/mol. The van der Waals surface area contributed by atoms with E-state index in [0.717, 1.165) is 52.6 Å². The maximum Gasteiger partial charge on any atom is 0.121 e. The van der Waals surface area contributed by atoms with E-state index in [0.29, 0.717) is 19.8 Å². The van der Waals surface area contributed by atoms with Crippen LogP contribution in [0.2, 0.25) is 0 Å². The lowest BCUT2D eigenvalue weighted by molar-refractivity contribution is 0.0889. The van der Waals surface area contributed by atoms with Gasteiger partial charge in [0, 0.05) is 44.6 Å². The summed E-state index contributed by atoms with van der Waals surface area (Å²) in [5, 5.41) is 0. The number of aromatic nitrogens is 2. The van der Waals surface area contributed by atoms with Crippen LogP contribution in [0.15, 0.2) is 97.3 Å². The van der Waals surface area contributed by atoms with Crippen molar-refractivity contribution >= 4 is 22.4 Å². The number of ether oxygens (including phenoxy) is 3. The highest BCUT2D eigenvalue weighted by atomic mass is 16.5. The molecule has 4 aromatic carbocycles. The molecule has 0 saturated heterocycles. The van der Waals surface area contributed by atoms with E-state index in [1.54, 1.807) is 13.4 Å². The molecule has 0 atom stereocenters. The number of H-pyrrole nitrogens is 1. The number of rotatable bonds is 13. The van der Waals surface area contributed by atoms with Crippen LogP contribution in [0.5, 0.6) is 11.5 Å². The van der Waals surface area contributed by atoms with Crippen molar-refractivity contribution in [2.75, 3.05) is 44.2 Å². The average Bonchev–Trinajstić information content (AvgIpc) is 3.45. The number of hydrogen-bond donors (Lipinski definition) is 1. The molecule has 0 saturated carbocycles. The van der Waals surface area contributed by atoms with E-state index in [1.807, 2.05) is 44.4 Å². The molecule has 1 N–H and O–H groups in total. The Hall–Kier alpha value is -4.49. The summed E-state index contributed by atoms with van der Waals surface area (Å²) in [4.78, 5) is 12.0. The lowest BCUT2D eigenvalue weighted by atomic mass is 10.1. The molecular weight excluding hydrogens is 500 g/mol. The maximum atomic E-state index is 5.98. The number of nitrogens with one attached hydrogen (secondary N) is 1. The minimum atomic E-state index is 0.495. The second kappa shape index (κ2) is 13.0. The van der Waals surface area contributed by atoms with Crippen molar-refractivity contribution in [3.8, 4) is 11.5 Å². The zero-order valence-corrected chi connectivity index (χ0v) is 23.3. The fourth-order valence-electron chi connectivity index (χ4n) is 4.63. The van der Waals surface area contributed by atoms with Gasteiger partial charge in [-0.25, -0.2) is 4.98 Å². The Kier molecular flexibility index (Phi) is 8.83. The number of hydrogen-bond acceptors (Lipinski definition) is 6. The smallest absolute Gasteiger partial charge is 0.121 e. The topological polar surface area (TPSA) is 62.9 Å². The number of aromatic amines is 1. The van der Waals surface area contributed by atoms with Gasteiger partial charge in [0.15, 0.2) is 0 Å². The van der Waals surface area contributed by atoms with Crippen molar-refractivity contribution in [2.24, 2.45) is 0 Å². The molecule has 206 valence electrons. The van der Waals surface area contributed by atoms with Crippen LogP contribution in [-0.2, 0) is 24.4 Å². The van der Waals surface area contributed by atoms with Crippen LogP contribution in [0.25, 0.3) is 11.0 Å². The van der Waals surface area contributed by atoms with Gasteiger partial charge in [-0.3, -0.25) is 0 Å². The summed E-state index contributed by atoms with van der Waals surface area (Å²) in [6.07, 6.45) is 1.73. The third kappa shape index (κ3) is 7.12. The zero-order valence-electron chi connectivity index (χ0n) is 23.3. The molecule has 5 rings (SSSR count). The van der Waals surface area contributed by atoms with Crippen molar-refractivity contribution in [1.29, 1.82) is 0 Å². The molecule has 0 bridgehead atoms. The molecule has 0 radical (unpaired) electrons. The van der Waals surface area contributed by atoms with E-state index in [-0.39, 0.29) is 0 Å². The standard InChI is InChI=1S/C33H36N4O3/c1-36(2)28-9-6-12-31(20-28)40-16-15-39-23-27-8-4-10-29(17-27)37(21-25-7-5-11-30(18-25)38-3)22-26-13-14-32-33(19-26)35-24-34-32/h4-14,17-20,24H,15-16,21-23H2,1-3H3,(H,34,35). The van der Waals surface area contributed by atoms with Crippen LogP contribution in [-0.4, -0.2) is 44.4 Å². The molecule has 0 amide bonds. The van der Waals surface area contributed by atoms with Gasteiger partial charge in [-0.05, 0) is 65.2 Å². The van der Waals surface area contributed by atoms with Crippen molar-refractivity contribution < 1.29 is 14.2 Å². The summed E-state index contributed by atoms with van der Waals surface area (Å²) in [7, 11) is 5.74. The second-order valence-electron chi connectivity index (χ2n) is 9.92. The molecule has 0 aliphatic rings. The Labute approximate surface area is 235 Å². The largest absolute Gasteiger partial charge is 0.497 e. The minimum absolute atomic E-state index is 0.495. The quantitative estimate of drug-likeness (QED) is 0.175. The first kappa shape index (κ1) is 27.1. The van der Waals surface area contributed by atoms with Crippen molar-refractivity contribution in [2.45, 2.75) is 19.7 Å². The van der Waals surface area contributed by atoms with Crippen LogP contribution < -0.4 is 19.3 Å². The van der Waals surface area contributed by atoms with Gasteiger partial charge >= 0.3 is 0 Å².